The minimum atomic E-state index is 0.209. The van der Waals surface area contributed by atoms with E-state index in [1.54, 1.807) is 14.0 Å². The molecule has 1 aromatic rings. The summed E-state index contributed by atoms with van der Waals surface area (Å²) in [5.41, 5.74) is 2.40. The zero-order valence-corrected chi connectivity index (χ0v) is 10.3. The number of benzene rings is 1. The Balaban J connectivity index is 2.48. The molecule has 16 heavy (non-hydrogen) atoms. The van der Waals surface area contributed by atoms with Crippen LogP contribution in [0.1, 0.15) is 31.4 Å². The van der Waals surface area contributed by atoms with E-state index in [1.807, 2.05) is 12.1 Å². The normalized spacial score (nSPS) is 12.4. The number of ether oxygens (including phenoxy) is 1. The average molecular weight is 220 g/mol. The molecule has 2 heteroatoms. The quantitative estimate of drug-likeness (QED) is 0.737. The Morgan fingerprint density at radius 2 is 1.81 bits per heavy atom. The van der Waals surface area contributed by atoms with Crippen LogP contribution < -0.4 is 0 Å². The lowest BCUT2D eigenvalue weighted by Crippen LogP contribution is -2.05. The van der Waals surface area contributed by atoms with E-state index in [0.717, 1.165) is 18.4 Å². The third-order valence-corrected chi connectivity index (χ3v) is 2.72. The van der Waals surface area contributed by atoms with Gasteiger partial charge in [-0.15, -0.1) is 0 Å². The van der Waals surface area contributed by atoms with Crippen LogP contribution in [0.5, 0.6) is 0 Å². The fraction of sp³-hybridized carbons (Fsp3) is 0.500. The van der Waals surface area contributed by atoms with E-state index >= 15 is 0 Å². The number of rotatable bonds is 6. The molecular formula is C14H20O2. The Morgan fingerprint density at radius 3 is 2.31 bits per heavy atom. The van der Waals surface area contributed by atoms with Crippen molar-refractivity contribution in [3.05, 3.63) is 35.4 Å². The molecule has 0 aliphatic heterocycles. The molecule has 0 N–H and O–H groups in total. The van der Waals surface area contributed by atoms with Gasteiger partial charge < -0.3 is 4.74 Å². The fourth-order valence-electron chi connectivity index (χ4n) is 1.60. The first-order valence-electron chi connectivity index (χ1n) is 5.72. The Kier molecular flexibility index (Phi) is 5.20. The van der Waals surface area contributed by atoms with Crippen LogP contribution >= 0.6 is 0 Å². The van der Waals surface area contributed by atoms with E-state index in [4.69, 9.17) is 4.74 Å². The van der Waals surface area contributed by atoms with E-state index in [-0.39, 0.29) is 5.78 Å². The first kappa shape index (κ1) is 12.9. The number of Topliss-reactive ketones (excluding diaryl/α,β-unsaturated/α-hetero) is 1. The van der Waals surface area contributed by atoms with Gasteiger partial charge in [0, 0.05) is 13.5 Å². The molecule has 1 atom stereocenters. The van der Waals surface area contributed by atoms with Crippen LogP contribution in [0.4, 0.5) is 0 Å². The van der Waals surface area contributed by atoms with Crippen molar-refractivity contribution in [1.82, 2.24) is 0 Å². The summed E-state index contributed by atoms with van der Waals surface area (Å²) in [5.74, 6) is 0.209. The molecule has 0 spiro atoms. The third-order valence-electron chi connectivity index (χ3n) is 2.72. The maximum Gasteiger partial charge on any atom is 0.134 e. The smallest absolute Gasteiger partial charge is 0.134 e. The number of carbonyl (C=O) groups is 1. The number of hydrogen-bond acceptors (Lipinski definition) is 2. The average Bonchev–Trinajstić information content (AvgIpc) is 2.27. The van der Waals surface area contributed by atoms with Gasteiger partial charge in [-0.3, -0.25) is 4.79 Å². The number of methoxy groups -OCH3 is 1. The third kappa shape index (κ3) is 4.58. The molecule has 0 saturated heterocycles. The highest BCUT2D eigenvalue weighted by atomic mass is 16.5. The molecule has 0 amide bonds. The van der Waals surface area contributed by atoms with E-state index in [0.29, 0.717) is 12.5 Å². The van der Waals surface area contributed by atoms with Crippen LogP contribution in [0.15, 0.2) is 24.3 Å². The molecule has 88 valence electrons. The Bertz CT molecular complexity index is 327. The van der Waals surface area contributed by atoms with Crippen LogP contribution in [0, 0.1) is 0 Å². The summed E-state index contributed by atoms with van der Waals surface area (Å²) in [6.07, 6.45) is 2.89. The van der Waals surface area contributed by atoms with Gasteiger partial charge in [0.2, 0.25) is 0 Å². The summed E-state index contributed by atoms with van der Waals surface area (Å²) in [6, 6.07) is 8.27. The molecule has 0 saturated carbocycles. The molecule has 0 aromatic heterocycles. The molecule has 0 bridgehead atoms. The minimum absolute atomic E-state index is 0.209. The standard InChI is InChI=1S/C14H20O2/c1-11(15)10-14-8-6-13(7-9-14)5-4-12(2)16-3/h6-9,12H,4-5,10H2,1-3H3. The molecule has 1 aromatic carbocycles. The van der Waals surface area contributed by atoms with Crippen molar-refractivity contribution in [1.29, 1.82) is 0 Å². The molecule has 0 radical (unpaired) electrons. The SMILES string of the molecule is COC(C)CCc1ccc(CC(C)=O)cc1. The van der Waals surface area contributed by atoms with Gasteiger partial charge in [0.05, 0.1) is 6.10 Å². The second kappa shape index (κ2) is 6.44. The van der Waals surface area contributed by atoms with Crippen molar-refractivity contribution < 1.29 is 9.53 Å². The lowest BCUT2D eigenvalue weighted by atomic mass is 10.0. The molecule has 0 heterocycles. The second-order valence-corrected chi connectivity index (χ2v) is 4.28. The molecule has 0 aliphatic rings. The molecule has 0 aliphatic carbocycles. The maximum atomic E-state index is 10.9. The first-order chi connectivity index (χ1) is 7.61. The van der Waals surface area contributed by atoms with Crippen molar-refractivity contribution in [2.24, 2.45) is 0 Å². The monoisotopic (exact) mass is 220 g/mol. The van der Waals surface area contributed by atoms with E-state index < -0.39 is 0 Å². The van der Waals surface area contributed by atoms with Gasteiger partial charge in [-0.1, -0.05) is 24.3 Å². The van der Waals surface area contributed by atoms with E-state index in [2.05, 4.69) is 19.1 Å². The Hall–Kier alpha value is -1.15. The van der Waals surface area contributed by atoms with Crippen molar-refractivity contribution in [2.75, 3.05) is 7.11 Å². The fourth-order valence-corrected chi connectivity index (χ4v) is 1.60. The van der Waals surface area contributed by atoms with Crippen LogP contribution in [-0.2, 0) is 22.4 Å². The zero-order chi connectivity index (χ0) is 12.0. The summed E-state index contributed by atoms with van der Waals surface area (Å²) in [4.78, 5) is 10.9. The zero-order valence-electron chi connectivity index (χ0n) is 10.3. The van der Waals surface area contributed by atoms with Gasteiger partial charge in [0.15, 0.2) is 0 Å². The molecule has 1 rings (SSSR count). The van der Waals surface area contributed by atoms with Gasteiger partial charge in [-0.2, -0.15) is 0 Å². The lowest BCUT2D eigenvalue weighted by Gasteiger charge is -2.09. The predicted octanol–water partition coefficient (Wildman–Crippen LogP) is 2.79. The lowest BCUT2D eigenvalue weighted by molar-refractivity contribution is -0.116. The number of carbonyl (C=O) groups excluding carboxylic acids is 1. The molecule has 0 fully saturated rings. The van der Waals surface area contributed by atoms with Crippen molar-refractivity contribution in [2.45, 2.75) is 39.2 Å². The topological polar surface area (TPSA) is 26.3 Å². The van der Waals surface area contributed by atoms with Crippen molar-refractivity contribution in [3.8, 4) is 0 Å². The molecule has 2 nitrogen and oxygen atoms in total. The van der Waals surface area contributed by atoms with Gasteiger partial charge in [0.1, 0.15) is 5.78 Å². The van der Waals surface area contributed by atoms with E-state index in [1.165, 1.54) is 5.56 Å². The molecule has 1 unspecified atom stereocenters. The van der Waals surface area contributed by atoms with Gasteiger partial charge in [-0.05, 0) is 37.8 Å². The predicted molar refractivity (Wildman–Crippen MR) is 65.6 cm³/mol. The van der Waals surface area contributed by atoms with Gasteiger partial charge in [-0.25, -0.2) is 0 Å². The highest BCUT2D eigenvalue weighted by molar-refractivity contribution is 5.78. The number of aryl methyl sites for hydroxylation is 1. The summed E-state index contributed by atoms with van der Waals surface area (Å²) < 4.78 is 5.20. The Morgan fingerprint density at radius 1 is 1.25 bits per heavy atom. The highest BCUT2D eigenvalue weighted by Crippen LogP contribution is 2.09. The maximum absolute atomic E-state index is 10.9. The van der Waals surface area contributed by atoms with Crippen molar-refractivity contribution in [3.63, 3.8) is 0 Å². The van der Waals surface area contributed by atoms with Gasteiger partial charge in [0.25, 0.3) is 0 Å². The summed E-state index contributed by atoms with van der Waals surface area (Å²) in [7, 11) is 1.74. The van der Waals surface area contributed by atoms with Crippen LogP contribution in [-0.4, -0.2) is 19.0 Å². The Labute approximate surface area is 97.6 Å². The summed E-state index contributed by atoms with van der Waals surface area (Å²) >= 11 is 0. The summed E-state index contributed by atoms with van der Waals surface area (Å²) in [5, 5.41) is 0. The number of ketones is 1. The van der Waals surface area contributed by atoms with Crippen molar-refractivity contribution >= 4 is 5.78 Å². The minimum Gasteiger partial charge on any atom is -0.382 e. The van der Waals surface area contributed by atoms with Gasteiger partial charge >= 0.3 is 0 Å². The summed E-state index contributed by atoms with van der Waals surface area (Å²) in [6.45, 7) is 3.69. The van der Waals surface area contributed by atoms with Crippen LogP contribution in [0.2, 0.25) is 0 Å². The second-order valence-electron chi connectivity index (χ2n) is 4.28. The first-order valence-corrected chi connectivity index (χ1v) is 5.72. The largest absolute Gasteiger partial charge is 0.382 e. The highest BCUT2D eigenvalue weighted by Gasteiger charge is 2.01. The number of hydrogen-bond donors (Lipinski definition) is 0. The van der Waals surface area contributed by atoms with Crippen LogP contribution in [0.3, 0.4) is 0 Å². The molecular weight excluding hydrogens is 200 g/mol. The van der Waals surface area contributed by atoms with E-state index in [9.17, 15) is 4.79 Å². The van der Waals surface area contributed by atoms with Crippen LogP contribution in [0.25, 0.3) is 0 Å².